The van der Waals surface area contributed by atoms with Gasteiger partial charge in [-0.05, 0) is 44.0 Å². The Kier molecular flexibility index (Phi) is 4.20. The Balaban J connectivity index is 2.00. The lowest BCUT2D eigenvalue weighted by Crippen LogP contribution is -2.47. The van der Waals surface area contributed by atoms with E-state index in [1.54, 1.807) is 24.3 Å². The molecule has 1 saturated heterocycles. The van der Waals surface area contributed by atoms with E-state index in [2.05, 4.69) is 17.6 Å². The Hall–Kier alpha value is -1.55. The van der Waals surface area contributed by atoms with E-state index in [1.165, 1.54) is 6.42 Å². The average Bonchev–Trinajstić information content (AvgIpc) is 2.89. The first-order chi connectivity index (χ1) is 8.70. The molecule has 1 aliphatic rings. The molecule has 0 saturated carbocycles. The molecule has 0 bridgehead atoms. The molecule has 2 unspecified atom stereocenters. The molecule has 2 atom stereocenters. The fourth-order valence-corrected chi connectivity index (χ4v) is 2.47. The van der Waals surface area contributed by atoms with Crippen molar-refractivity contribution in [2.45, 2.75) is 38.3 Å². The molecule has 4 heteroatoms. The van der Waals surface area contributed by atoms with Gasteiger partial charge in [-0.25, -0.2) is 0 Å². The predicted molar refractivity (Wildman–Crippen MR) is 73.4 cm³/mol. The number of hydrogen-bond acceptors (Lipinski definition) is 3. The molecule has 1 amide bonds. The predicted octanol–water partition coefficient (Wildman–Crippen LogP) is 1.53. The summed E-state index contributed by atoms with van der Waals surface area (Å²) in [5, 5.41) is 6.53. The van der Waals surface area contributed by atoms with Crippen molar-refractivity contribution in [3.05, 3.63) is 29.8 Å². The van der Waals surface area contributed by atoms with E-state index in [-0.39, 0.29) is 11.9 Å². The van der Waals surface area contributed by atoms with Crippen molar-refractivity contribution in [1.29, 1.82) is 0 Å². The summed E-state index contributed by atoms with van der Waals surface area (Å²) in [5.74, 6) is -0.0390. The third kappa shape index (κ3) is 3.01. The zero-order valence-corrected chi connectivity index (χ0v) is 10.8. The molecule has 1 fully saturated rings. The van der Waals surface area contributed by atoms with Crippen LogP contribution in [0.3, 0.4) is 0 Å². The molecule has 0 aliphatic carbocycles. The minimum Gasteiger partial charge on any atom is -0.399 e. The van der Waals surface area contributed by atoms with Gasteiger partial charge in [0.15, 0.2) is 0 Å². The smallest absolute Gasteiger partial charge is 0.251 e. The minimum atomic E-state index is -0.0390. The van der Waals surface area contributed by atoms with E-state index in [9.17, 15) is 4.79 Å². The van der Waals surface area contributed by atoms with Crippen molar-refractivity contribution in [1.82, 2.24) is 10.6 Å². The van der Waals surface area contributed by atoms with Crippen molar-refractivity contribution >= 4 is 11.6 Å². The van der Waals surface area contributed by atoms with E-state index in [0.717, 1.165) is 19.4 Å². The fraction of sp³-hybridized carbons (Fsp3) is 0.500. The summed E-state index contributed by atoms with van der Waals surface area (Å²) in [4.78, 5) is 12.1. The van der Waals surface area contributed by atoms with E-state index in [4.69, 9.17) is 5.73 Å². The first-order valence-electron chi connectivity index (χ1n) is 6.60. The van der Waals surface area contributed by atoms with Crippen LogP contribution in [-0.4, -0.2) is 24.5 Å². The van der Waals surface area contributed by atoms with Gasteiger partial charge in [0, 0.05) is 23.3 Å². The standard InChI is InChI=1S/C14H21N3O/c1-2-12(13-7-4-8-16-13)17-14(18)10-5-3-6-11(15)9-10/h3,5-6,9,12-13,16H,2,4,7-8,15H2,1H3,(H,17,18). The van der Waals surface area contributed by atoms with Crippen LogP contribution in [0.15, 0.2) is 24.3 Å². The number of carbonyl (C=O) groups is 1. The van der Waals surface area contributed by atoms with Crippen LogP contribution in [0.25, 0.3) is 0 Å². The minimum absolute atomic E-state index is 0.0390. The summed E-state index contributed by atoms with van der Waals surface area (Å²) in [5.41, 5.74) is 6.94. The Morgan fingerprint density at radius 3 is 3.06 bits per heavy atom. The van der Waals surface area contributed by atoms with Crippen molar-refractivity contribution in [3.8, 4) is 0 Å². The van der Waals surface area contributed by atoms with E-state index < -0.39 is 0 Å². The quantitative estimate of drug-likeness (QED) is 0.707. The molecule has 98 valence electrons. The number of nitrogen functional groups attached to an aromatic ring is 1. The summed E-state index contributed by atoms with van der Waals surface area (Å²) in [7, 11) is 0. The van der Waals surface area contributed by atoms with Crippen molar-refractivity contribution < 1.29 is 4.79 Å². The van der Waals surface area contributed by atoms with Gasteiger partial charge in [-0.15, -0.1) is 0 Å². The van der Waals surface area contributed by atoms with Gasteiger partial charge in [-0.2, -0.15) is 0 Å². The topological polar surface area (TPSA) is 67.2 Å². The molecule has 1 aliphatic heterocycles. The molecular weight excluding hydrogens is 226 g/mol. The Bertz CT molecular complexity index is 413. The van der Waals surface area contributed by atoms with Gasteiger partial charge >= 0.3 is 0 Å². The van der Waals surface area contributed by atoms with Crippen LogP contribution in [0, 0.1) is 0 Å². The Morgan fingerprint density at radius 2 is 2.44 bits per heavy atom. The number of hydrogen-bond donors (Lipinski definition) is 3. The lowest BCUT2D eigenvalue weighted by atomic mass is 10.0. The highest BCUT2D eigenvalue weighted by Crippen LogP contribution is 2.13. The molecule has 1 aromatic carbocycles. The summed E-state index contributed by atoms with van der Waals surface area (Å²) in [6, 6.07) is 7.69. The second kappa shape index (κ2) is 5.87. The highest BCUT2D eigenvalue weighted by atomic mass is 16.1. The average molecular weight is 247 g/mol. The maximum Gasteiger partial charge on any atom is 0.251 e. The van der Waals surface area contributed by atoms with Gasteiger partial charge in [0.2, 0.25) is 0 Å². The first-order valence-corrected chi connectivity index (χ1v) is 6.60. The number of carbonyl (C=O) groups excluding carboxylic acids is 1. The van der Waals surface area contributed by atoms with E-state index in [1.807, 2.05) is 0 Å². The first kappa shape index (κ1) is 12.9. The molecule has 0 spiro atoms. The Labute approximate surface area is 108 Å². The molecule has 4 N–H and O–H groups in total. The van der Waals surface area contributed by atoms with Crippen molar-refractivity contribution in [2.24, 2.45) is 0 Å². The van der Waals surface area contributed by atoms with Gasteiger partial charge in [0.05, 0.1) is 0 Å². The zero-order chi connectivity index (χ0) is 13.0. The molecule has 2 rings (SSSR count). The summed E-state index contributed by atoms with van der Waals surface area (Å²) < 4.78 is 0. The van der Waals surface area contributed by atoms with Crippen LogP contribution < -0.4 is 16.4 Å². The highest BCUT2D eigenvalue weighted by molar-refractivity contribution is 5.95. The van der Waals surface area contributed by atoms with Gasteiger partial charge in [0.25, 0.3) is 5.91 Å². The number of amides is 1. The van der Waals surface area contributed by atoms with Gasteiger partial charge in [-0.3, -0.25) is 4.79 Å². The number of rotatable bonds is 4. The van der Waals surface area contributed by atoms with Gasteiger partial charge in [-0.1, -0.05) is 13.0 Å². The summed E-state index contributed by atoms with van der Waals surface area (Å²) >= 11 is 0. The van der Waals surface area contributed by atoms with Crippen LogP contribution in [0.2, 0.25) is 0 Å². The van der Waals surface area contributed by atoms with Crippen molar-refractivity contribution in [2.75, 3.05) is 12.3 Å². The number of benzene rings is 1. The molecule has 18 heavy (non-hydrogen) atoms. The number of nitrogens with one attached hydrogen (secondary N) is 2. The second-order valence-electron chi connectivity index (χ2n) is 4.82. The molecule has 1 aromatic rings. The molecule has 1 heterocycles. The van der Waals surface area contributed by atoms with Crippen LogP contribution in [0.1, 0.15) is 36.5 Å². The second-order valence-corrected chi connectivity index (χ2v) is 4.82. The zero-order valence-electron chi connectivity index (χ0n) is 10.8. The lowest BCUT2D eigenvalue weighted by molar-refractivity contribution is 0.0927. The molecule has 0 radical (unpaired) electrons. The normalized spacial score (nSPS) is 20.6. The van der Waals surface area contributed by atoms with Gasteiger partial charge < -0.3 is 16.4 Å². The molecular formula is C14H21N3O. The summed E-state index contributed by atoms with van der Waals surface area (Å²) in [6.45, 7) is 3.15. The molecule has 0 aromatic heterocycles. The summed E-state index contributed by atoms with van der Waals surface area (Å²) in [6.07, 6.45) is 3.26. The van der Waals surface area contributed by atoms with Crippen LogP contribution in [0.4, 0.5) is 5.69 Å². The Morgan fingerprint density at radius 1 is 1.61 bits per heavy atom. The van der Waals surface area contributed by atoms with Crippen LogP contribution in [0.5, 0.6) is 0 Å². The third-order valence-electron chi connectivity index (χ3n) is 3.49. The van der Waals surface area contributed by atoms with E-state index >= 15 is 0 Å². The number of anilines is 1. The fourth-order valence-electron chi connectivity index (χ4n) is 2.47. The largest absolute Gasteiger partial charge is 0.399 e. The maximum atomic E-state index is 12.1. The van der Waals surface area contributed by atoms with Crippen LogP contribution in [-0.2, 0) is 0 Å². The SMILES string of the molecule is CCC(NC(=O)c1cccc(N)c1)C1CCCN1. The van der Waals surface area contributed by atoms with Crippen LogP contribution >= 0.6 is 0 Å². The highest BCUT2D eigenvalue weighted by Gasteiger charge is 2.24. The monoisotopic (exact) mass is 247 g/mol. The number of nitrogens with two attached hydrogens (primary N) is 1. The molecule has 4 nitrogen and oxygen atoms in total. The van der Waals surface area contributed by atoms with E-state index in [0.29, 0.717) is 17.3 Å². The van der Waals surface area contributed by atoms with Crippen molar-refractivity contribution in [3.63, 3.8) is 0 Å². The van der Waals surface area contributed by atoms with Gasteiger partial charge in [0.1, 0.15) is 0 Å². The maximum absolute atomic E-state index is 12.1. The third-order valence-corrected chi connectivity index (χ3v) is 3.49. The lowest BCUT2D eigenvalue weighted by Gasteiger charge is -2.23.